The van der Waals surface area contributed by atoms with Crippen molar-refractivity contribution in [3.05, 3.63) is 124 Å². The predicted molar refractivity (Wildman–Crippen MR) is 178 cm³/mol. The van der Waals surface area contributed by atoms with Gasteiger partial charge < -0.3 is 0 Å². The molecule has 0 aromatic heterocycles. The van der Waals surface area contributed by atoms with Gasteiger partial charge in [0.2, 0.25) is 0 Å². The summed E-state index contributed by atoms with van der Waals surface area (Å²) >= 11 is 0. The van der Waals surface area contributed by atoms with Crippen LogP contribution in [0.25, 0.3) is 6.08 Å². The molecule has 0 saturated heterocycles. The van der Waals surface area contributed by atoms with Crippen LogP contribution in [0.3, 0.4) is 0 Å². The maximum Gasteiger partial charge on any atom is 0.167 e. The SMILES string of the molecule is C=Cc1cc(CC(=O)c2ccc(C)c(C#CC3=CC=C4C=CC=CC34)c2)ccc1CC1(C)CCC[C@@H](CC)C1.CC.[HH]. The first kappa shape index (κ1) is 30.3. The molecule has 0 N–H and O–H groups in total. The molecular formula is C40H48O. The van der Waals surface area contributed by atoms with Crippen molar-refractivity contribution in [2.45, 2.75) is 79.6 Å². The largest absolute Gasteiger partial charge is 0.294 e. The van der Waals surface area contributed by atoms with Crippen LogP contribution in [0.4, 0.5) is 0 Å². The Hall–Kier alpha value is -3.63. The van der Waals surface area contributed by atoms with Crippen LogP contribution in [-0.2, 0) is 12.8 Å². The summed E-state index contributed by atoms with van der Waals surface area (Å²) in [5.74, 6) is 7.94. The highest BCUT2D eigenvalue weighted by Crippen LogP contribution is 2.43. The summed E-state index contributed by atoms with van der Waals surface area (Å²) in [5.41, 5.74) is 9.02. The van der Waals surface area contributed by atoms with Gasteiger partial charge in [-0.2, -0.15) is 0 Å². The highest BCUT2D eigenvalue weighted by molar-refractivity contribution is 5.98. The van der Waals surface area contributed by atoms with Gasteiger partial charge in [0, 0.05) is 30.5 Å². The summed E-state index contributed by atoms with van der Waals surface area (Å²) in [4.78, 5) is 13.3. The van der Waals surface area contributed by atoms with Crippen LogP contribution in [0.1, 0.15) is 99.4 Å². The molecule has 1 saturated carbocycles. The van der Waals surface area contributed by atoms with Crippen molar-refractivity contribution in [3.63, 3.8) is 0 Å². The third kappa shape index (κ3) is 7.37. The van der Waals surface area contributed by atoms with Crippen LogP contribution in [0.15, 0.2) is 90.6 Å². The van der Waals surface area contributed by atoms with E-state index < -0.39 is 0 Å². The Balaban J connectivity index is 0.00000158. The summed E-state index contributed by atoms with van der Waals surface area (Å²) in [6, 6.07) is 12.5. The zero-order valence-electron chi connectivity index (χ0n) is 25.7. The molecule has 41 heavy (non-hydrogen) atoms. The summed E-state index contributed by atoms with van der Waals surface area (Å²) < 4.78 is 0. The summed E-state index contributed by atoms with van der Waals surface area (Å²) in [6.45, 7) is 14.9. The van der Waals surface area contributed by atoms with Crippen LogP contribution >= 0.6 is 0 Å². The fourth-order valence-corrected chi connectivity index (χ4v) is 6.56. The maximum absolute atomic E-state index is 13.3. The van der Waals surface area contributed by atoms with Crippen LogP contribution in [0.5, 0.6) is 0 Å². The number of Topliss-reactive ketones (excluding diaryl/α,β-unsaturated/α-hetero) is 1. The second kappa shape index (κ2) is 13.8. The Morgan fingerprint density at radius 3 is 2.73 bits per heavy atom. The lowest BCUT2D eigenvalue weighted by atomic mass is 9.67. The number of ketones is 1. The van der Waals surface area contributed by atoms with Gasteiger partial charge in [0.1, 0.15) is 0 Å². The standard InChI is InChI=1S/C38H40O.C2H6.H2/c1-5-28-10-9-21-38(4,25-28)26-35-16-14-29(22-30(35)6-2)23-37(39)34-15-13-27(3)33(24-34)20-19-32-18-17-31-11-7-8-12-36(31)32;1-2;/h6-8,11-18,22,24,28,36H,2,5,9-10,21,23,25-26H2,1,3-4H3;1-2H3;1H/t28-,36?,38?;;/m1../s1. The minimum Gasteiger partial charge on any atom is -0.294 e. The Morgan fingerprint density at radius 2 is 1.95 bits per heavy atom. The summed E-state index contributed by atoms with van der Waals surface area (Å²) in [6.07, 6.45) is 22.7. The van der Waals surface area contributed by atoms with Gasteiger partial charge in [-0.15, -0.1) is 0 Å². The first-order valence-corrected chi connectivity index (χ1v) is 15.5. The van der Waals surface area contributed by atoms with E-state index in [1.54, 1.807) is 0 Å². The van der Waals surface area contributed by atoms with Crippen LogP contribution in [-0.4, -0.2) is 5.78 Å². The number of rotatable bonds is 7. The van der Waals surface area contributed by atoms with Gasteiger partial charge in [-0.05, 0) is 77.5 Å². The van der Waals surface area contributed by atoms with Crippen molar-refractivity contribution < 1.29 is 6.22 Å². The van der Waals surface area contributed by atoms with Crippen molar-refractivity contribution in [2.75, 3.05) is 0 Å². The molecule has 5 rings (SSSR count). The first-order chi connectivity index (χ1) is 19.9. The predicted octanol–water partition coefficient (Wildman–Crippen LogP) is 10.4. The monoisotopic (exact) mass is 544 g/mol. The smallest absolute Gasteiger partial charge is 0.167 e. The molecule has 3 aliphatic rings. The van der Waals surface area contributed by atoms with E-state index in [2.05, 4.69) is 93.8 Å². The third-order valence-corrected chi connectivity index (χ3v) is 8.92. The molecule has 3 atom stereocenters. The normalized spacial score (nSPS) is 22.4. The molecule has 214 valence electrons. The van der Waals surface area contributed by atoms with Crippen molar-refractivity contribution in [3.8, 4) is 11.8 Å². The highest BCUT2D eigenvalue weighted by Gasteiger charge is 2.32. The zero-order valence-corrected chi connectivity index (χ0v) is 25.7. The van der Waals surface area contributed by atoms with E-state index in [1.807, 2.05) is 38.1 Å². The Morgan fingerprint density at radius 1 is 1.12 bits per heavy atom. The van der Waals surface area contributed by atoms with E-state index in [4.69, 9.17) is 0 Å². The molecule has 0 heterocycles. The van der Waals surface area contributed by atoms with Crippen LogP contribution in [0.2, 0.25) is 0 Å². The summed E-state index contributed by atoms with van der Waals surface area (Å²) in [5, 5.41) is 0. The number of hydrogen-bond donors (Lipinski definition) is 0. The molecule has 1 nitrogen and oxygen atoms in total. The molecule has 0 radical (unpaired) electrons. The Bertz CT molecular complexity index is 1470. The van der Waals surface area contributed by atoms with Crippen LogP contribution < -0.4 is 0 Å². The molecule has 0 spiro atoms. The quantitative estimate of drug-likeness (QED) is 0.250. The number of carbonyl (C=O) groups excluding carboxylic acids is 1. The maximum atomic E-state index is 13.3. The molecule has 1 heteroatoms. The molecule has 2 aromatic rings. The van der Waals surface area contributed by atoms with Gasteiger partial charge in [-0.1, -0.05) is 132 Å². The fourth-order valence-electron chi connectivity index (χ4n) is 6.56. The number of fused-ring (bicyclic) bond motifs is 1. The van der Waals surface area contributed by atoms with Gasteiger partial charge in [0.15, 0.2) is 5.78 Å². The van der Waals surface area contributed by atoms with Gasteiger partial charge in [-0.25, -0.2) is 0 Å². The van der Waals surface area contributed by atoms with Crippen LogP contribution in [0, 0.1) is 36.0 Å². The van der Waals surface area contributed by atoms with E-state index in [9.17, 15) is 4.79 Å². The minimum absolute atomic E-state index is 0. The average Bonchev–Trinajstić information content (AvgIpc) is 3.41. The average molecular weight is 545 g/mol. The lowest BCUT2D eigenvalue weighted by Crippen LogP contribution is -2.28. The summed E-state index contributed by atoms with van der Waals surface area (Å²) in [7, 11) is 0. The lowest BCUT2D eigenvalue weighted by molar-refractivity contribution is 0.0993. The van der Waals surface area contributed by atoms with Crippen molar-refractivity contribution >= 4 is 11.9 Å². The molecule has 1 fully saturated rings. The molecule has 2 aromatic carbocycles. The Kier molecular flexibility index (Phi) is 10.2. The van der Waals surface area contributed by atoms with E-state index >= 15 is 0 Å². The molecule has 2 unspecified atom stereocenters. The molecule has 0 bridgehead atoms. The zero-order chi connectivity index (χ0) is 29.4. The lowest BCUT2D eigenvalue weighted by Gasteiger charge is -2.38. The van der Waals surface area contributed by atoms with Crippen molar-refractivity contribution in [1.29, 1.82) is 0 Å². The van der Waals surface area contributed by atoms with Gasteiger partial charge in [-0.3, -0.25) is 4.79 Å². The van der Waals surface area contributed by atoms with Gasteiger partial charge >= 0.3 is 0 Å². The van der Waals surface area contributed by atoms with Crippen molar-refractivity contribution in [1.82, 2.24) is 0 Å². The Labute approximate surface area is 250 Å². The van der Waals surface area contributed by atoms with Gasteiger partial charge in [0.25, 0.3) is 0 Å². The number of benzene rings is 2. The number of aryl methyl sites for hydroxylation is 1. The third-order valence-electron chi connectivity index (χ3n) is 8.92. The van der Waals surface area contributed by atoms with Crippen molar-refractivity contribution in [2.24, 2.45) is 17.3 Å². The topological polar surface area (TPSA) is 17.1 Å². The minimum atomic E-state index is 0. The number of carbonyl (C=O) groups is 1. The number of allylic oxidation sites excluding steroid dienone is 8. The number of hydrogen-bond acceptors (Lipinski definition) is 1. The van der Waals surface area contributed by atoms with E-state index in [-0.39, 0.29) is 13.1 Å². The molecule has 0 aliphatic heterocycles. The van der Waals surface area contributed by atoms with Gasteiger partial charge in [0.05, 0.1) is 0 Å². The molecule has 0 amide bonds. The van der Waals surface area contributed by atoms with E-state index in [0.29, 0.717) is 17.4 Å². The highest BCUT2D eigenvalue weighted by atomic mass is 16.1. The van der Waals surface area contributed by atoms with E-state index in [0.717, 1.165) is 34.6 Å². The first-order valence-electron chi connectivity index (χ1n) is 15.5. The molecular weight excluding hydrogens is 496 g/mol. The van der Waals surface area contributed by atoms with E-state index in [1.165, 1.54) is 48.8 Å². The second-order valence-corrected chi connectivity index (χ2v) is 12.0. The molecule has 3 aliphatic carbocycles. The second-order valence-electron chi connectivity index (χ2n) is 12.0. The fraction of sp³-hybridized carbons (Fsp3) is 0.375.